The first-order valence-electron chi connectivity index (χ1n) is 8.10. The van der Waals surface area contributed by atoms with Crippen LogP contribution in [0.2, 0.25) is 5.02 Å². The predicted octanol–water partition coefficient (Wildman–Crippen LogP) is 3.72. The average molecular weight is 366 g/mol. The molecule has 0 saturated carbocycles. The number of nitrogens with one attached hydrogen (secondary N) is 2. The van der Waals surface area contributed by atoms with Gasteiger partial charge >= 0.3 is 0 Å². The molecule has 26 heavy (non-hydrogen) atoms. The summed E-state index contributed by atoms with van der Waals surface area (Å²) < 4.78 is 1.69. The van der Waals surface area contributed by atoms with E-state index in [1.54, 1.807) is 10.7 Å². The highest BCUT2D eigenvalue weighted by molar-refractivity contribution is 6.30. The van der Waals surface area contributed by atoms with E-state index in [0.717, 1.165) is 11.3 Å². The molecule has 2 aromatic carbocycles. The molecule has 1 amide bonds. The minimum atomic E-state index is -0.581. The number of aromatic nitrogens is 3. The maximum absolute atomic E-state index is 13.1. The zero-order valence-corrected chi connectivity index (χ0v) is 14.5. The molecule has 1 aliphatic rings. The number of para-hydroxylation sites is 1. The molecule has 1 aromatic heterocycles. The molecule has 0 radical (unpaired) electrons. The van der Waals surface area contributed by atoms with Crippen LogP contribution in [0.1, 0.15) is 11.6 Å². The summed E-state index contributed by atoms with van der Waals surface area (Å²) in [5.74, 6) is -0.216. The molecule has 2 atom stereocenters. The topological polar surface area (TPSA) is 71.8 Å². The van der Waals surface area contributed by atoms with E-state index in [1.165, 1.54) is 6.33 Å². The van der Waals surface area contributed by atoms with Crippen LogP contribution in [0.15, 0.2) is 73.2 Å². The lowest BCUT2D eigenvalue weighted by Crippen LogP contribution is -2.39. The Morgan fingerprint density at radius 1 is 1.19 bits per heavy atom. The molecule has 6 nitrogen and oxygen atoms in total. The summed E-state index contributed by atoms with van der Waals surface area (Å²) >= 11 is 6.17. The van der Waals surface area contributed by atoms with Gasteiger partial charge in [-0.1, -0.05) is 48.5 Å². The summed E-state index contributed by atoms with van der Waals surface area (Å²) in [5, 5.41) is 10.9. The van der Waals surface area contributed by atoms with Crippen LogP contribution < -0.4 is 10.6 Å². The third-order valence-electron chi connectivity index (χ3n) is 4.31. The Hall–Kier alpha value is -3.12. The normalized spacial score (nSPS) is 18.7. The quantitative estimate of drug-likeness (QED) is 0.742. The van der Waals surface area contributed by atoms with Gasteiger partial charge in [-0.25, -0.2) is 4.68 Å². The van der Waals surface area contributed by atoms with Crippen molar-refractivity contribution in [3.63, 3.8) is 0 Å². The maximum Gasteiger partial charge on any atom is 0.235 e. The van der Waals surface area contributed by atoms with E-state index in [9.17, 15) is 4.79 Å². The van der Waals surface area contributed by atoms with Crippen molar-refractivity contribution in [3.8, 4) is 0 Å². The number of carbonyl (C=O) groups is 1. The highest BCUT2D eigenvalue weighted by Crippen LogP contribution is 2.38. The van der Waals surface area contributed by atoms with E-state index >= 15 is 0 Å². The number of anilines is 2. The van der Waals surface area contributed by atoms with E-state index < -0.39 is 12.0 Å². The number of rotatable bonds is 3. The van der Waals surface area contributed by atoms with Crippen molar-refractivity contribution in [2.45, 2.75) is 6.04 Å². The molecule has 0 fully saturated rings. The molecule has 130 valence electrons. The molecule has 0 aliphatic carbocycles. The highest BCUT2D eigenvalue weighted by Gasteiger charge is 2.39. The van der Waals surface area contributed by atoms with Crippen LogP contribution in [-0.2, 0) is 4.79 Å². The highest BCUT2D eigenvalue weighted by atomic mass is 35.5. The lowest BCUT2D eigenvalue weighted by Gasteiger charge is -2.33. The number of hydrogen-bond donors (Lipinski definition) is 2. The van der Waals surface area contributed by atoms with E-state index in [0.29, 0.717) is 16.7 Å². The van der Waals surface area contributed by atoms with Gasteiger partial charge in [-0.2, -0.15) is 10.1 Å². The molecule has 0 bridgehead atoms. The molecule has 7 heteroatoms. The van der Waals surface area contributed by atoms with E-state index in [4.69, 9.17) is 11.6 Å². The van der Waals surface area contributed by atoms with Gasteiger partial charge in [0.1, 0.15) is 12.2 Å². The largest absolute Gasteiger partial charge is 0.328 e. The zero-order chi connectivity index (χ0) is 18.1. The monoisotopic (exact) mass is 365 g/mol. The number of halogens is 1. The van der Waals surface area contributed by atoms with Gasteiger partial charge in [0.25, 0.3) is 0 Å². The van der Waals surface area contributed by atoms with Crippen molar-refractivity contribution in [3.05, 3.63) is 83.8 Å². The summed E-state index contributed by atoms with van der Waals surface area (Å²) in [6, 6.07) is 16.3. The van der Waals surface area contributed by atoms with E-state index in [2.05, 4.69) is 27.3 Å². The van der Waals surface area contributed by atoms with Crippen molar-refractivity contribution >= 4 is 29.1 Å². The van der Waals surface area contributed by atoms with Crippen LogP contribution in [0.4, 0.5) is 11.6 Å². The lowest BCUT2D eigenvalue weighted by molar-refractivity contribution is -0.119. The molecule has 4 rings (SSSR count). The van der Waals surface area contributed by atoms with Gasteiger partial charge in [-0.15, -0.1) is 0 Å². The predicted molar refractivity (Wildman–Crippen MR) is 101 cm³/mol. The number of hydrogen-bond acceptors (Lipinski definition) is 4. The maximum atomic E-state index is 13.1. The molecular weight excluding hydrogens is 350 g/mol. The van der Waals surface area contributed by atoms with Gasteiger partial charge in [0, 0.05) is 16.4 Å². The third kappa shape index (κ3) is 2.95. The molecule has 1 aliphatic heterocycles. The second-order valence-corrected chi connectivity index (χ2v) is 6.45. The van der Waals surface area contributed by atoms with Crippen molar-refractivity contribution in [2.24, 2.45) is 5.92 Å². The fourth-order valence-electron chi connectivity index (χ4n) is 3.16. The van der Waals surface area contributed by atoms with Gasteiger partial charge in [-0.3, -0.25) is 4.79 Å². The Kier molecular flexibility index (Phi) is 4.18. The van der Waals surface area contributed by atoms with Crippen LogP contribution in [0.25, 0.3) is 0 Å². The third-order valence-corrected chi connectivity index (χ3v) is 4.55. The number of benzene rings is 2. The minimum absolute atomic E-state index is 0.181. The van der Waals surface area contributed by atoms with Crippen molar-refractivity contribution in [2.75, 3.05) is 10.6 Å². The van der Waals surface area contributed by atoms with Gasteiger partial charge < -0.3 is 10.6 Å². The summed E-state index contributed by atoms with van der Waals surface area (Å²) in [6.45, 7) is 4.05. The standard InChI is InChI=1S/C19H16ClN5O/c1-12-16(18(26)24-15-8-3-2-4-9-15)17(13-6-5-7-14(20)10-13)25-19(23-12)21-11-22-25/h2-11,16-17H,1H2,(H,24,26)(H,21,22,23). The first-order valence-corrected chi connectivity index (χ1v) is 8.48. The van der Waals surface area contributed by atoms with Crippen molar-refractivity contribution in [1.29, 1.82) is 0 Å². The smallest absolute Gasteiger partial charge is 0.235 e. The Morgan fingerprint density at radius 2 is 2.00 bits per heavy atom. The Bertz CT molecular complexity index is 969. The SMILES string of the molecule is C=C1Nc2ncnn2C(c2cccc(Cl)c2)C1C(=O)Nc1ccccc1. The van der Waals surface area contributed by atoms with Gasteiger partial charge in [0.2, 0.25) is 11.9 Å². The summed E-state index contributed by atoms with van der Waals surface area (Å²) in [7, 11) is 0. The average Bonchev–Trinajstić information content (AvgIpc) is 3.09. The van der Waals surface area contributed by atoms with E-state index in [1.807, 2.05) is 48.5 Å². The minimum Gasteiger partial charge on any atom is -0.328 e. The van der Waals surface area contributed by atoms with E-state index in [-0.39, 0.29) is 5.91 Å². The van der Waals surface area contributed by atoms with Crippen LogP contribution in [0.3, 0.4) is 0 Å². The lowest BCUT2D eigenvalue weighted by atomic mass is 9.88. The summed E-state index contributed by atoms with van der Waals surface area (Å²) in [4.78, 5) is 17.3. The molecule has 2 unspecified atom stereocenters. The molecule has 2 N–H and O–H groups in total. The second kappa shape index (κ2) is 6.65. The molecule has 0 saturated heterocycles. The van der Waals surface area contributed by atoms with Crippen LogP contribution >= 0.6 is 11.6 Å². The fraction of sp³-hybridized carbons (Fsp3) is 0.105. The number of amides is 1. The van der Waals surface area contributed by atoms with Crippen molar-refractivity contribution in [1.82, 2.24) is 14.8 Å². The van der Waals surface area contributed by atoms with Crippen molar-refractivity contribution < 1.29 is 4.79 Å². The Balaban J connectivity index is 1.75. The van der Waals surface area contributed by atoms with Gasteiger partial charge in [-0.05, 0) is 29.8 Å². The number of nitrogens with zero attached hydrogens (tertiary/aromatic N) is 3. The first-order chi connectivity index (χ1) is 12.6. The fourth-order valence-corrected chi connectivity index (χ4v) is 3.36. The molecule has 3 aromatic rings. The molecular formula is C19H16ClN5O. The van der Waals surface area contributed by atoms with Crippen LogP contribution in [0, 0.1) is 5.92 Å². The summed E-state index contributed by atoms with van der Waals surface area (Å²) in [5.41, 5.74) is 2.14. The van der Waals surface area contributed by atoms with Gasteiger partial charge in [0.05, 0.1) is 6.04 Å². The number of carbonyl (C=O) groups excluding carboxylic acids is 1. The Labute approximate surface area is 155 Å². The van der Waals surface area contributed by atoms with Gasteiger partial charge in [0.15, 0.2) is 0 Å². The molecule has 0 spiro atoms. The second-order valence-electron chi connectivity index (χ2n) is 6.01. The zero-order valence-electron chi connectivity index (χ0n) is 13.8. The number of fused-ring (bicyclic) bond motifs is 1. The van der Waals surface area contributed by atoms with Crippen LogP contribution in [-0.4, -0.2) is 20.7 Å². The summed E-state index contributed by atoms with van der Waals surface area (Å²) in [6.07, 6.45) is 1.45. The van der Waals surface area contributed by atoms with Crippen LogP contribution in [0.5, 0.6) is 0 Å². The first kappa shape index (κ1) is 16.4. The Morgan fingerprint density at radius 3 is 2.77 bits per heavy atom. The molecule has 2 heterocycles.